The van der Waals surface area contributed by atoms with E-state index in [9.17, 15) is 4.79 Å². The van der Waals surface area contributed by atoms with Crippen molar-refractivity contribution in [3.8, 4) is 0 Å². The predicted octanol–water partition coefficient (Wildman–Crippen LogP) is 1.19. The zero-order chi connectivity index (χ0) is 9.14. The highest BCUT2D eigenvalue weighted by molar-refractivity contribution is 5.85. The van der Waals surface area contributed by atoms with Crippen LogP contribution in [0.15, 0.2) is 10.7 Å². The summed E-state index contributed by atoms with van der Waals surface area (Å²) in [4.78, 5) is 14.0. The Morgan fingerprint density at radius 3 is 2.83 bits per heavy atom. The van der Waals surface area contributed by atoms with Crippen molar-refractivity contribution in [2.24, 2.45) is 0 Å². The molecule has 0 aliphatic rings. The first-order valence-corrected chi connectivity index (χ1v) is 3.55. The minimum atomic E-state index is -1.09. The Kier molecular flexibility index (Phi) is 2.32. The van der Waals surface area contributed by atoms with Crippen LogP contribution in [-0.4, -0.2) is 22.1 Å². The van der Waals surface area contributed by atoms with Crippen molar-refractivity contribution in [1.82, 2.24) is 4.98 Å². The van der Waals surface area contributed by atoms with Crippen molar-refractivity contribution in [2.75, 3.05) is 5.32 Å². The third-order valence-corrected chi connectivity index (χ3v) is 1.14. The van der Waals surface area contributed by atoms with Crippen LogP contribution >= 0.6 is 0 Å². The van der Waals surface area contributed by atoms with E-state index in [2.05, 4.69) is 10.3 Å². The number of rotatable bonds is 3. The summed E-state index contributed by atoms with van der Waals surface area (Å²) in [6.45, 7) is 3.81. The van der Waals surface area contributed by atoms with Crippen molar-refractivity contribution in [1.29, 1.82) is 0 Å². The van der Waals surface area contributed by atoms with Crippen LogP contribution in [0.5, 0.6) is 0 Å². The zero-order valence-corrected chi connectivity index (χ0v) is 6.87. The summed E-state index contributed by atoms with van der Waals surface area (Å²) in [5.74, 6) is -1.09. The topological polar surface area (TPSA) is 75.4 Å². The number of oxazole rings is 1. The lowest BCUT2D eigenvalue weighted by molar-refractivity contribution is 0.0690. The number of carboxylic acids is 1. The molecule has 0 amide bonds. The van der Waals surface area contributed by atoms with E-state index < -0.39 is 5.97 Å². The molecule has 0 atom stereocenters. The fourth-order valence-corrected chi connectivity index (χ4v) is 0.685. The zero-order valence-electron chi connectivity index (χ0n) is 6.87. The minimum Gasteiger partial charge on any atom is -0.476 e. The van der Waals surface area contributed by atoms with Crippen molar-refractivity contribution < 1.29 is 14.3 Å². The van der Waals surface area contributed by atoms with Gasteiger partial charge in [0.15, 0.2) is 5.69 Å². The summed E-state index contributed by atoms with van der Waals surface area (Å²) in [5.41, 5.74) is -0.0850. The summed E-state index contributed by atoms with van der Waals surface area (Å²) in [7, 11) is 0. The van der Waals surface area contributed by atoms with E-state index in [1.165, 1.54) is 0 Å². The van der Waals surface area contributed by atoms with Gasteiger partial charge in [-0.2, -0.15) is 4.98 Å². The van der Waals surface area contributed by atoms with Crippen LogP contribution in [0.3, 0.4) is 0 Å². The number of hydrogen-bond donors (Lipinski definition) is 2. The van der Waals surface area contributed by atoms with Gasteiger partial charge in [-0.1, -0.05) is 0 Å². The Bertz CT molecular complexity index is 280. The van der Waals surface area contributed by atoms with Gasteiger partial charge in [0, 0.05) is 6.04 Å². The molecule has 2 N–H and O–H groups in total. The predicted molar refractivity (Wildman–Crippen MR) is 42.2 cm³/mol. The molecule has 0 spiro atoms. The molecule has 1 rings (SSSR count). The maximum Gasteiger partial charge on any atom is 0.357 e. The number of hydrogen-bond acceptors (Lipinski definition) is 4. The first-order chi connectivity index (χ1) is 5.59. The van der Waals surface area contributed by atoms with Crippen LogP contribution in [-0.2, 0) is 0 Å². The third kappa shape index (κ3) is 1.98. The monoisotopic (exact) mass is 170 g/mol. The quantitative estimate of drug-likeness (QED) is 0.712. The SMILES string of the molecule is CC(C)Nc1nc(C(=O)O)co1. The van der Waals surface area contributed by atoms with Crippen LogP contribution in [0.2, 0.25) is 0 Å². The number of nitrogens with one attached hydrogen (secondary N) is 1. The van der Waals surface area contributed by atoms with Gasteiger partial charge in [0.2, 0.25) is 0 Å². The molecule has 0 aliphatic heterocycles. The molecular formula is C7H10N2O3. The van der Waals surface area contributed by atoms with Gasteiger partial charge in [-0.05, 0) is 13.8 Å². The van der Waals surface area contributed by atoms with Crippen molar-refractivity contribution >= 4 is 12.0 Å². The van der Waals surface area contributed by atoms with Crippen LogP contribution in [0.4, 0.5) is 6.01 Å². The lowest BCUT2D eigenvalue weighted by Gasteiger charge is -2.02. The number of anilines is 1. The van der Waals surface area contributed by atoms with Crippen molar-refractivity contribution in [3.05, 3.63) is 12.0 Å². The Labute approximate surface area is 69.4 Å². The van der Waals surface area contributed by atoms with E-state index in [0.717, 1.165) is 6.26 Å². The summed E-state index contributed by atoms with van der Waals surface area (Å²) in [6.07, 6.45) is 1.10. The maximum atomic E-state index is 10.3. The molecule has 5 heteroatoms. The van der Waals surface area contributed by atoms with Gasteiger partial charge < -0.3 is 14.8 Å². The molecular weight excluding hydrogens is 160 g/mol. The Morgan fingerprint density at radius 1 is 1.75 bits per heavy atom. The summed E-state index contributed by atoms with van der Waals surface area (Å²) in [5, 5.41) is 11.3. The molecule has 1 aromatic rings. The maximum absolute atomic E-state index is 10.3. The van der Waals surface area contributed by atoms with Gasteiger partial charge in [-0.3, -0.25) is 0 Å². The number of nitrogens with zero attached hydrogens (tertiary/aromatic N) is 1. The fourth-order valence-electron chi connectivity index (χ4n) is 0.685. The highest BCUT2D eigenvalue weighted by Crippen LogP contribution is 2.07. The van der Waals surface area contributed by atoms with Crippen LogP contribution in [0, 0.1) is 0 Å². The van der Waals surface area contributed by atoms with Crippen LogP contribution in [0.25, 0.3) is 0 Å². The largest absolute Gasteiger partial charge is 0.476 e. The highest BCUT2D eigenvalue weighted by Gasteiger charge is 2.09. The van der Waals surface area contributed by atoms with E-state index in [1.807, 2.05) is 13.8 Å². The van der Waals surface area contributed by atoms with Crippen LogP contribution in [0.1, 0.15) is 24.3 Å². The third-order valence-electron chi connectivity index (χ3n) is 1.14. The lowest BCUT2D eigenvalue weighted by Crippen LogP contribution is -2.10. The molecule has 5 nitrogen and oxygen atoms in total. The van der Waals surface area contributed by atoms with Gasteiger partial charge in [-0.15, -0.1) is 0 Å². The van der Waals surface area contributed by atoms with Crippen LogP contribution < -0.4 is 5.32 Å². The minimum absolute atomic E-state index is 0.0850. The second-order valence-corrected chi connectivity index (χ2v) is 2.64. The average Bonchev–Trinajstić information content (AvgIpc) is 2.34. The summed E-state index contributed by atoms with van der Waals surface area (Å²) in [6, 6.07) is 0.410. The second-order valence-electron chi connectivity index (χ2n) is 2.64. The van der Waals surface area contributed by atoms with Crippen molar-refractivity contribution in [2.45, 2.75) is 19.9 Å². The molecule has 0 bridgehead atoms. The summed E-state index contributed by atoms with van der Waals surface area (Å²) >= 11 is 0. The van der Waals surface area contributed by atoms with E-state index >= 15 is 0 Å². The normalized spacial score (nSPS) is 10.2. The molecule has 66 valence electrons. The Balaban J connectivity index is 2.71. The smallest absolute Gasteiger partial charge is 0.357 e. The summed E-state index contributed by atoms with van der Waals surface area (Å²) < 4.78 is 4.83. The molecule has 0 saturated carbocycles. The first-order valence-electron chi connectivity index (χ1n) is 3.55. The fraction of sp³-hybridized carbons (Fsp3) is 0.429. The number of aromatic nitrogens is 1. The standard InChI is InChI=1S/C7H10N2O3/c1-4(2)8-7-9-5(3-12-7)6(10)11/h3-4H,1-2H3,(H,8,9)(H,10,11). The molecule has 0 aromatic carbocycles. The molecule has 1 heterocycles. The molecule has 0 saturated heterocycles. The lowest BCUT2D eigenvalue weighted by atomic mass is 10.4. The first kappa shape index (κ1) is 8.58. The van der Waals surface area contributed by atoms with Gasteiger partial charge >= 0.3 is 5.97 Å². The molecule has 1 aromatic heterocycles. The Morgan fingerprint density at radius 2 is 2.42 bits per heavy atom. The second kappa shape index (κ2) is 3.25. The highest BCUT2D eigenvalue weighted by atomic mass is 16.4. The van der Waals surface area contributed by atoms with Crippen molar-refractivity contribution in [3.63, 3.8) is 0 Å². The molecule has 0 radical (unpaired) electrons. The van der Waals surface area contributed by atoms with Gasteiger partial charge in [0.05, 0.1) is 0 Å². The van der Waals surface area contributed by atoms with Gasteiger partial charge in [-0.25, -0.2) is 4.79 Å². The molecule has 12 heavy (non-hydrogen) atoms. The number of aromatic carboxylic acids is 1. The Hall–Kier alpha value is -1.52. The molecule has 0 unspecified atom stereocenters. The van der Waals surface area contributed by atoms with E-state index in [1.54, 1.807) is 0 Å². The number of carboxylic acid groups (broad SMARTS) is 1. The van der Waals surface area contributed by atoms with E-state index in [4.69, 9.17) is 9.52 Å². The molecule has 0 fully saturated rings. The van der Waals surface area contributed by atoms with E-state index in [0.29, 0.717) is 0 Å². The number of carbonyl (C=O) groups is 1. The van der Waals surface area contributed by atoms with E-state index in [-0.39, 0.29) is 17.8 Å². The van der Waals surface area contributed by atoms with Gasteiger partial charge in [0.1, 0.15) is 6.26 Å². The van der Waals surface area contributed by atoms with Gasteiger partial charge in [0.25, 0.3) is 6.01 Å². The molecule has 0 aliphatic carbocycles. The average molecular weight is 170 g/mol.